The van der Waals surface area contributed by atoms with E-state index < -0.39 is 0 Å². The molecule has 22 heavy (non-hydrogen) atoms. The fraction of sp³-hybridized carbons (Fsp3) is 1.00. The molecule has 136 valence electrons. The van der Waals surface area contributed by atoms with Crippen molar-refractivity contribution in [2.75, 3.05) is 31.3 Å². The zero-order chi connectivity index (χ0) is 16.9. The van der Waals surface area contributed by atoms with Gasteiger partial charge in [-0.25, -0.2) is 0 Å². The van der Waals surface area contributed by atoms with Crippen LogP contribution in [0, 0.1) is 0 Å². The zero-order valence-corrected chi connectivity index (χ0v) is 18.7. The van der Waals surface area contributed by atoms with Crippen LogP contribution in [0.3, 0.4) is 0 Å². The van der Waals surface area contributed by atoms with Gasteiger partial charge in [0.25, 0.3) is 0 Å². The fourth-order valence-electron chi connectivity index (χ4n) is 2.28. The predicted octanol–water partition coefficient (Wildman–Crippen LogP) is 7.42. The Morgan fingerprint density at radius 3 is 1.27 bits per heavy atom. The molecule has 0 heterocycles. The summed E-state index contributed by atoms with van der Waals surface area (Å²) in [7, 11) is 4.31. The Bertz CT molecular complexity index is 169. The smallest absolute Gasteiger partial charge is 0.00313 e. The lowest BCUT2D eigenvalue weighted by atomic mass is 10.1. The van der Waals surface area contributed by atoms with Gasteiger partial charge in [0, 0.05) is 10.7 Å². The Morgan fingerprint density at radius 1 is 0.545 bits per heavy atom. The van der Waals surface area contributed by atoms with Crippen LogP contribution >= 0.6 is 31.9 Å². The summed E-state index contributed by atoms with van der Waals surface area (Å²) in [5, 5.41) is 2.32. The topological polar surface area (TPSA) is 3.24 Å². The van der Waals surface area contributed by atoms with E-state index in [2.05, 4.69) is 57.8 Å². The maximum absolute atomic E-state index is 3.39. The summed E-state index contributed by atoms with van der Waals surface area (Å²) in [6, 6.07) is 0. The lowest BCUT2D eigenvalue weighted by molar-refractivity contribution is 0.389. The van der Waals surface area contributed by atoms with Crippen LogP contribution in [0.4, 0.5) is 0 Å². The first-order valence-corrected chi connectivity index (χ1v) is 11.7. The van der Waals surface area contributed by atoms with E-state index in [0.29, 0.717) is 0 Å². The molecule has 0 amide bonds. The molecule has 0 radical (unpaired) electrons. The summed E-state index contributed by atoms with van der Waals surface area (Å²) < 4.78 is 0. The van der Waals surface area contributed by atoms with Gasteiger partial charge in [0.15, 0.2) is 0 Å². The van der Waals surface area contributed by atoms with E-state index in [4.69, 9.17) is 0 Å². The van der Waals surface area contributed by atoms with Gasteiger partial charge in [0.05, 0.1) is 0 Å². The highest BCUT2D eigenvalue weighted by Gasteiger charge is 1.92. The van der Waals surface area contributed by atoms with Crippen molar-refractivity contribution in [3.63, 3.8) is 0 Å². The van der Waals surface area contributed by atoms with Crippen molar-refractivity contribution in [1.29, 1.82) is 0 Å². The Labute approximate surface area is 158 Å². The minimum absolute atomic E-state index is 1.16. The maximum Gasteiger partial charge on any atom is 0.00313 e. The summed E-state index contributed by atoms with van der Waals surface area (Å²) >= 11 is 6.78. The van der Waals surface area contributed by atoms with Crippen molar-refractivity contribution in [3.05, 3.63) is 0 Å². The van der Waals surface area contributed by atoms with E-state index in [-0.39, 0.29) is 0 Å². The SMILES string of the molecule is BrCCCCCCBr.CCCCCCCCCCCN(C)C. The molecular formula is C19H41Br2N. The zero-order valence-electron chi connectivity index (χ0n) is 15.5. The van der Waals surface area contributed by atoms with Crippen LogP contribution in [0.25, 0.3) is 0 Å². The van der Waals surface area contributed by atoms with E-state index in [1.165, 1.54) is 90.0 Å². The number of hydrogen-bond donors (Lipinski definition) is 0. The molecule has 0 atom stereocenters. The van der Waals surface area contributed by atoms with Crippen LogP contribution < -0.4 is 0 Å². The Morgan fingerprint density at radius 2 is 0.909 bits per heavy atom. The number of hydrogen-bond acceptors (Lipinski definition) is 1. The molecule has 0 saturated carbocycles. The monoisotopic (exact) mass is 441 g/mol. The molecule has 0 aliphatic carbocycles. The van der Waals surface area contributed by atoms with Gasteiger partial charge in [-0.3, -0.25) is 0 Å². The summed E-state index contributed by atoms with van der Waals surface area (Å²) in [5.74, 6) is 0. The van der Waals surface area contributed by atoms with Gasteiger partial charge in [-0.2, -0.15) is 0 Å². The van der Waals surface area contributed by atoms with Crippen LogP contribution in [0.15, 0.2) is 0 Å². The highest BCUT2D eigenvalue weighted by molar-refractivity contribution is 9.09. The molecule has 0 aromatic carbocycles. The van der Waals surface area contributed by atoms with Gasteiger partial charge in [-0.05, 0) is 39.9 Å². The van der Waals surface area contributed by atoms with Crippen LogP contribution in [0.2, 0.25) is 0 Å². The van der Waals surface area contributed by atoms with Crippen LogP contribution in [0.1, 0.15) is 90.4 Å². The number of halogens is 2. The highest BCUT2D eigenvalue weighted by Crippen LogP contribution is 2.09. The van der Waals surface area contributed by atoms with Gasteiger partial charge in [-0.1, -0.05) is 103 Å². The molecule has 0 aromatic heterocycles. The number of rotatable bonds is 15. The molecule has 0 aliphatic heterocycles. The minimum Gasteiger partial charge on any atom is -0.309 e. The second-order valence-electron chi connectivity index (χ2n) is 6.42. The van der Waals surface area contributed by atoms with Gasteiger partial charge in [0.2, 0.25) is 0 Å². The standard InChI is InChI=1S/C13H29N.C6H12Br2/c1-4-5-6-7-8-9-10-11-12-13-14(2)3;7-5-3-1-2-4-6-8/h4-13H2,1-3H3;1-6H2. The van der Waals surface area contributed by atoms with Crippen molar-refractivity contribution >= 4 is 31.9 Å². The van der Waals surface area contributed by atoms with Gasteiger partial charge in [-0.15, -0.1) is 0 Å². The number of unbranched alkanes of at least 4 members (excludes halogenated alkanes) is 11. The molecule has 0 unspecified atom stereocenters. The summed E-state index contributed by atoms with van der Waals surface area (Å²) in [4.78, 5) is 2.28. The van der Waals surface area contributed by atoms with Crippen molar-refractivity contribution < 1.29 is 0 Å². The molecule has 0 aliphatic rings. The summed E-state index contributed by atoms with van der Waals surface area (Å²) in [6.45, 7) is 3.54. The first-order chi connectivity index (χ1) is 10.7. The molecular weight excluding hydrogens is 402 g/mol. The molecule has 0 spiro atoms. The molecule has 0 aromatic rings. The average Bonchev–Trinajstić information content (AvgIpc) is 2.50. The molecule has 3 heteroatoms. The molecule has 0 bridgehead atoms. The third-order valence-corrected chi connectivity index (χ3v) is 4.85. The Kier molecular flexibility index (Phi) is 27.7. The van der Waals surface area contributed by atoms with Crippen LogP contribution in [-0.4, -0.2) is 36.2 Å². The second-order valence-corrected chi connectivity index (χ2v) is 8.01. The van der Waals surface area contributed by atoms with E-state index in [1.807, 2.05) is 0 Å². The van der Waals surface area contributed by atoms with Crippen molar-refractivity contribution in [2.24, 2.45) is 0 Å². The quantitative estimate of drug-likeness (QED) is 0.188. The van der Waals surface area contributed by atoms with E-state index in [1.54, 1.807) is 0 Å². The first kappa shape index (κ1) is 25.2. The van der Waals surface area contributed by atoms with Crippen molar-refractivity contribution in [3.8, 4) is 0 Å². The third-order valence-electron chi connectivity index (χ3n) is 3.73. The molecule has 0 rings (SSSR count). The van der Waals surface area contributed by atoms with E-state index in [9.17, 15) is 0 Å². The van der Waals surface area contributed by atoms with E-state index >= 15 is 0 Å². The normalized spacial score (nSPS) is 10.6. The lowest BCUT2D eigenvalue weighted by Gasteiger charge is -2.08. The molecule has 0 saturated heterocycles. The largest absolute Gasteiger partial charge is 0.309 e. The molecule has 0 N–H and O–H groups in total. The third kappa shape index (κ3) is 29.0. The van der Waals surface area contributed by atoms with Crippen molar-refractivity contribution in [1.82, 2.24) is 4.90 Å². The van der Waals surface area contributed by atoms with Crippen LogP contribution in [0.5, 0.6) is 0 Å². The maximum atomic E-state index is 3.39. The molecule has 0 fully saturated rings. The lowest BCUT2D eigenvalue weighted by Crippen LogP contribution is -2.12. The fourth-order valence-corrected chi connectivity index (χ4v) is 3.07. The number of alkyl halides is 2. The van der Waals surface area contributed by atoms with E-state index in [0.717, 1.165) is 10.7 Å². The van der Waals surface area contributed by atoms with Gasteiger partial charge < -0.3 is 4.90 Å². The summed E-state index contributed by atoms with van der Waals surface area (Å²) in [5.41, 5.74) is 0. The number of nitrogens with zero attached hydrogens (tertiary/aromatic N) is 1. The van der Waals surface area contributed by atoms with Gasteiger partial charge in [0.1, 0.15) is 0 Å². The minimum atomic E-state index is 1.16. The highest BCUT2D eigenvalue weighted by atomic mass is 79.9. The van der Waals surface area contributed by atoms with Crippen LogP contribution in [-0.2, 0) is 0 Å². The summed E-state index contributed by atoms with van der Waals surface area (Å²) in [6.07, 6.45) is 18.3. The first-order valence-electron chi connectivity index (χ1n) is 9.45. The molecule has 1 nitrogen and oxygen atoms in total. The van der Waals surface area contributed by atoms with Crippen molar-refractivity contribution in [2.45, 2.75) is 90.4 Å². The van der Waals surface area contributed by atoms with Gasteiger partial charge >= 0.3 is 0 Å². The average molecular weight is 443 g/mol. The predicted molar refractivity (Wildman–Crippen MR) is 112 cm³/mol. The second kappa shape index (κ2) is 24.2. The Balaban J connectivity index is 0. The Hall–Kier alpha value is 0.920.